The summed E-state index contributed by atoms with van der Waals surface area (Å²) in [4.78, 5) is 14.6. The van der Waals surface area contributed by atoms with Crippen molar-refractivity contribution in [1.29, 1.82) is 0 Å². The molecule has 156 valence electrons. The van der Waals surface area contributed by atoms with Gasteiger partial charge >= 0.3 is 0 Å². The second-order valence-electron chi connectivity index (χ2n) is 8.76. The first-order chi connectivity index (χ1) is 13.4. The standard InChI is InChI=1S/C23H35NO4/c1-17(2)21-15-19(25)16-23(28-21)11-13-24(14-12-23)22(26)6-4-5-18-7-9-20(27-3)10-8-18/h7-10,17,19,21,25H,4-6,11-16H2,1-3H3/t19-,21-/m1/s1. The first-order valence-electron chi connectivity index (χ1n) is 10.7. The molecule has 0 aromatic heterocycles. The van der Waals surface area contributed by atoms with E-state index in [9.17, 15) is 9.90 Å². The van der Waals surface area contributed by atoms with Crippen LogP contribution in [0.5, 0.6) is 5.75 Å². The Morgan fingerprint density at radius 1 is 1.29 bits per heavy atom. The van der Waals surface area contributed by atoms with E-state index in [4.69, 9.17) is 9.47 Å². The molecule has 2 heterocycles. The first-order valence-corrected chi connectivity index (χ1v) is 10.7. The van der Waals surface area contributed by atoms with Gasteiger partial charge in [0.05, 0.1) is 24.9 Å². The fourth-order valence-electron chi connectivity index (χ4n) is 4.49. The van der Waals surface area contributed by atoms with Crippen LogP contribution in [0.2, 0.25) is 0 Å². The quantitative estimate of drug-likeness (QED) is 0.808. The van der Waals surface area contributed by atoms with Crippen molar-refractivity contribution >= 4 is 5.91 Å². The number of carbonyl (C=O) groups excluding carboxylic acids is 1. The van der Waals surface area contributed by atoms with E-state index in [-0.39, 0.29) is 23.7 Å². The number of piperidine rings is 1. The molecule has 2 saturated heterocycles. The summed E-state index contributed by atoms with van der Waals surface area (Å²) < 4.78 is 11.6. The summed E-state index contributed by atoms with van der Waals surface area (Å²) in [6.45, 7) is 5.77. The lowest BCUT2D eigenvalue weighted by Crippen LogP contribution is -2.54. The van der Waals surface area contributed by atoms with Gasteiger partial charge in [0.25, 0.3) is 0 Å². The summed E-state index contributed by atoms with van der Waals surface area (Å²) in [5, 5.41) is 10.3. The van der Waals surface area contributed by atoms with Crippen LogP contribution >= 0.6 is 0 Å². The molecule has 1 N–H and O–H groups in total. The molecule has 0 bridgehead atoms. The third kappa shape index (κ3) is 5.26. The molecule has 1 aromatic rings. The Balaban J connectivity index is 1.44. The van der Waals surface area contributed by atoms with E-state index in [1.54, 1.807) is 7.11 Å². The number of rotatable bonds is 6. The van der Waals surface area contributed by atoms with Gasteiger partial charge in [-0.25, -0.2) is 0 Å². The summed E-state index contributed by atoms with van der Waals surface area (Å²) in [5.74, 6) is 1.50. The van der Waals surface area contributed by atoms with Crippen LogP contribution in [-0.4, -0.2) is 53.9 Å². The normalized spacial score (nSPS) is 24.5. The first kappa shape index (κ1) is 21.1. The lowest BCUT2D eigenvalue weighted by atomic mass is 9.80. The minimum atomic E-state index is -0.284. The van der Waals surface area contributed by atoms with Crippen molar-refractivity contribution in [3.05, 3.63) is 29.8 Å². The van der Waals surface area contributed by atoms with Crippen molar-refractivity contribution in [3.8, 4) is 5.75 Å². The molecule has 1 spiro atoms. The monoisotopic (exact) mass is 389 g/mol. The average Bonchev–Trinajstić information content (AvgIpc) is 2.68. The molecule has 3 rings (SSSR count). The highest BCUT2D eigenvalue weighted by Gasteiger charge is 2.44. The van der Waals surface area contributed by atoms with Crippen molar-refractivity contribution < 1.29 is 19.4 Å². The highest BCUT2D eigenvalue weighted by molar-refractivity contribution is 5.76. The highest BCUT2D eigenvalue weighted by Crippen LogP contribution is 2.39. The molecule has 5 nitrogen and oxygen atoms in total. The molecular formula is C23H35NO4. The number of methoxy groups -OCH3 is 1. The van der Waals surface area contributed by atoms with Gasteiger partial charge in [-0.2, -0.15) is 0 Å². The van der Waals surface area contributed by atoms with Crippen LogP contribution in [0.3, 0.4) is 0 Å². The van der Waals surface area contributed by atoms with Gasteiger partial charge in [-0.1, -0.05) is 26.0 Å². The largest absolute Gasteiger partial charge is 0.497 e. The van der Waals surface area contributed by atoms with Crippen LogP contribution in [0.25, 0.3) is 0 Å². The van der Waals surface area contributed by atoms with Crippen LogP contribution in [0.15, 0.2) is 24.3 Å². The summed E-state index contributed by atoms with van der Waals surface area (Å²) >= 11 is 0. The minimum absolute atomic E-state index is 0.121. The Labute approximate surface area is 169 Å². The maximum absolute atomic E-state index is 12.6. The van der Waals surface area contributed by atoms with Gasteiger partial charge < -0.3 is 19.5 Å². The number of ether oxygens (including phenoxy) is 2. The van der Waals surface area contributed by atoms with Gasteiger partial charge in [0, 0.05) is 25.9 Å². The molecule has 0 saturated carbocycles. The molecule has 5 heteroatoms. The Morgan fingerprint density at radius 3 is 2.57 bits per heavy atom. The van der Waals surface area contributed by atoms with Gasteiger partial charge in [-0.3, -0.25) is 4.79 Å². The van der Waals surface area contributed by atoms with Gasteiger partial charge in [0.15, 0.2) is 0 Å². The van der Waals surface area contributed by atoms with Crippen molar-refractivity contribution in [1.82, 2.24) is 4.90 Å². The average molecular weight is 390 g/mol. The molecule has 0 radical (unpaired) electrons. The zero-order valence-electron chi connectivity index (χ0n) is 17.5. The molecular weight excluding hydrogens is 354 g/mol. The lowest BCUT2D eigenvalue weighted by Gasteiger charge is -2.48. The Kier molecular flexibility index (Phi) is 7.00. The van der Waals surface area contributed by atoms with E-state index in [0.29, 0.717) is 18.8 Å². The molecule has 2 aliphatic rings. The molecule has 0 unspecified atom stereocenters. The predicted octanol–water partition coefficient (Wildman–Crippen LogP) is 3.58. The van der Waals surface area contributed by atoms with Crippen LogP contribution < -0.4 is 4.74 Å². The topological polar surface area (TPSA) is 59.0 Å². The zero-order chi connectivity index (χ0) is 20.1. The van der Waals surface area contributed by atoms with E-state index in [1.807, 2.05) is 17.0 Å². The molecule has 2 atom stereocenters. The molecule has 2 aliphatic heterocycles. The minimum Gasteiger partial charge on any atom is -0.497 e. The van der Waals surface area contributed by atoms with Gasteiger partial charge in [-0.05, 0) is 55.7 Å². The van der Waals surface area contributed by atoms with Crippen molar-refractivity contribution in [2.75, 3.05) is 20.2 Å². The fraction of sp³-hybridized carbons (Fsp3) is 0.696. The van der Waals surface area contributed by atoms with E-state index < -0.39 is 0 Å². The molecule has 1 aromatic carbocycles. The summed E-state index contributed by atoms with van der Waals surface area (Å²) in [6, 6.07) is 8.05. The van der Waals surface area contributed by atoms with Crippen molar-refractivity contribution in [2.24, 2.45) is 5.92 Å². The van der Waals surface area contributed by atoms with E-state index >= 15 is 0 Å². The Morgan fingerprint density at radius 2 is 1.96 bits per heavy atom. The number of carbonyl (C=O) groups is 1. The van der Waals surface area contributed by atoms with Crippen LogP contribution in [0, 0.1) is 5.92 Å². The van der Waals surface area contributed by atoms with Crippen molar-refractivity contribution in [2.45, 2.75) is 76.6 Å². The molecule has 2 fully saturated rings. The maximum atomic E-state index is 12.6. The number of likely N-dealkylation sites (tertiary alicyclic amines) is 1. The molecule has 28 heavy (non-hydrogen) atoms. The number of benzene rings is 1. The fourth-order valence-corrected chi connectivity index (χ4v) is 4.49. The Hall–Kier alpha value is -1.59. The Bertz CT molecular complexity index is 635. The van der Waals surface area contributed by atoms with Gasteiger partial charge in [0.2, 0.25) is 5.91 Å². The number of hydrogen-bond acceptors (Lipinski definition) is 4. The number of hydrogen-bond donors (Lipinski definition) is 1. The lowest BCUT2D eigenvalue weighted by molar-refractivity contribution is -0.193. The highest BCUT2D eigenvalue weighted by atomic mass is 16.5. The third-order valence-electron chi connectivity index (χ3n) is 6.30. The number of aryl methyl sites for hydroxylation is 1. The van der Waals surface area contributed by atoms with Crippen LogP contribution in [-0.2, 0) is 16.0 Å². The van der Waals surface area contributed by atoms with E-state index in [0.717, 1.165) is 50.9 Å². The second kappa shape index (κ2) is 9.27. The second-order valence-corrected chi connectivity index (χ2v) is 8.76. The molecule has 0 aliphatic carbocycles. The van der Waals surface area contributed by atoms with Crippen LogP contribution in [0.1, 0.15) is 57.9 Å². The van der Waals surface area contributed by atoms with E-state index in [1.165, 1.54) is 5.56 Å². The van der Waals surface area contributed by atoms with Gasteiger partial charge in [0.1, 0.15) is 5.75 Å². The number of amides is 1. The van der Waals surface area contributed by atoms with Crippen LogP contribution in [0.4, 0.5) is 0 Å². The summed E-state index contributed by atoms with van der Waals surface area (Å²) in [5.41, 5.74) is 0.988. The number of aliphatic hydroxyl groups is 1. The zero-order valence-corrected chi connectivity index (χ0v) is 17.5. The summed E-state index contributed by atoms with van der Waals surface area (Å²) in [7, 11) is 1.67. The smallest absolute Gasteiger partial charge is 0.222 e. The third-order valence-corrected chi connectivity index (χ3v) is 6.30. The number of nitrogens with zero attached hydrogens (tertiary/aromatic N) is 1. The summed E-state index contributed by atoms with van der Waals surface area (Å²) in [6.07, 6.45) is 5.27. The van der Waals surface area contributed by atoms with Crippen molar-refractivity contribution in [3.63, 3.8) is 0 Å². The maximum Gasteiger partial charge on any atom is 0.222 e. The predicted molar refractivity (Wildman–Crippen MR) is 109 cm³/mol. The SMILES string of the molecule is COc1ccc(CCCC(=O)N2CCC3(CC2)C[C@H](O)C[C@H](C(C)C)O3)cc1. The number of aliphatic hydroxyl groups excluding tert-OH is 1. The molecule has 1 amide bonds. The van der Waals surface area contributed by atoms with Gasteiger partial charge in [-0.15, -0.1) is 0 Å². The van der Waals surface area contributed by atoms with E-state index in [2.05, 4.69) is 26.0 Å².